The third-order valence-corrected chi connectivity index (χ3v) is 10.5. The molecule has 0 radical (unpaired) electrons. The van der Waals surface area contributed by atoms with Gasteiger partial charge in [0.2, 0.25) is 0 Å². The highest BCUT2D eigenvalue weighted by molar-refractivity contribution is 6.01. The summed E-state index contributed by atoms with van der Waals surface area (Å²) in [4.78, 5) is 7.32. The summed E-state index contributed by atoms with van der Waals surface area (Å²) in [5, 5.41) is 0. The normalized spacial score (nSPS) is 13.5. The van der Waals surface area contributed by atoms with E-state index in [4.69, 9.17) is 9.47 Å². The topological polar surface area (TPSA) is 28.2 Å². The molecule has 5 heteroatoms. The monoisotopic (exact) mass is 661 g/mol. The van der Waals surface area contributed by atoms with Gasteiger partial charge in [-0.3, -0.25) is 0 Å². The average Bonchev–Trinajstić information content (AvgIpc) is 3.17. The van der Waals surface area contributed by atoms with Crippen molar-refractivity contribution >= 4 is 51.2 Å². The van der Waals surface area contributed by atoms with E-state index < -0.39 is 0 Å². The molecule has 7 aromatic rings. The largest absolute Gasteiger partial charge is 0.453 e. The van der Waals surface area contributed by atoms with Gasteiger partial charge in [0.25, 0.3) is 0 Å². The van der Waals surface area contributed by atoms with Crippen molar-refractivity contribution in [3.63, 3.8) is 0 Å². The highest BCUT2D eigenvalue weighted by Gasteiger charge is 2.37. The van der Waals surface area contributed by atoms with Gasteiger partial charge in [-0.05, 0) is 109 Å². The maximum Gasteiger partial charge on any atom is 0.151 e. The van der Waals surface area contributed by atoms with Gasteiger partial charge < -0.3 is 24.2 Å². The number of nitrogens with zero attached hydrogens (tertiary/aromatic N) is 3. The van der Waals surface area contributed by atoms with Gasteiger partial charge >= 0.3 is 0 Å². The van der Waals surface area contributed by atoms with Crippen molar-refractivity contribution in [1.29, 1.82) is 0 Å². The fraction of sp³-hybridized carbons (Fsp3) is 0.0870. The van der Waals surface area contributed by atoms with E-state index in [2.05, 4.69) is 157 Å². The molecule has 0 N–H and O–H groups in total. The number of hydrogen-bond donors (Lipinski definition) is 0. The summed E-state index contributed by atoms with van der Waals surface area (Å²) < 4.78 is 13.1. The molecule has 0 saturated carbocycles. The first-order valence-corrected chi connectivity index (χ1v) is 17.5. The third kappa shape index (κ3) is 4.34. The maximum atomic E-state index is 6.53. The van der Waals surface area contributed by atoms with Crippen molar-refractivity contribution < 1.29 is 9.47 Å². The molecule has 0 fully saturated rings. The molecule has 51 heavy (non-hydrogen) atoms. The summed E-state index contributed by atoms with van der Waals surface area (Å²) in [6.45, 7) is 6.85. The lowest BCUT2D eigenvalue weighted by atomic mass is 9.90. The smallest absolute Gasteiger partial charge is 0.151 e. The van der Waals surface area contributed by atoms with Crippen molar-refractivity contribution in [2.75, 3.05) is 14.7 Å². The third-order valence-electron chi connectivity index (χ3n) is 10.5. The molecule has 0 bridgehead atoms. The number of benzene rings is 7. The Hall–Kier alpha value is -6.46. The van der Waals surface area contributed by atoms with Crippen LogP contribution in [0.4, 0.5) is 51.2 Å². The van der Waals surface area contributed by atoms with Crippen LogP contribution in [0.3, 0.4) is 0 Å². The predicted octanol–water partition coefficient (Wildman–Crippen LogP) is 13.1. The second-order valence-corrected chi connectivity index (χ2v) is 13.4. The van der Waals surface area contributed by atoms with Crippen LogP contribution in [0, 0.1) is 20.8 Å². The van der Waals surface area contributed by atoms with E-state index in [1.54, 1.807) is 0 Å². The Bertz CT molecular complexity index is 2100. The first-order chi connectivity index (χ1) is 25.1. The van der Waals surface area contributed by atoms with E-state index in [1.165, 1.54) is 33.6 Å². The van der Waals surface area contributed by atoms with E-state index in [9.17, 15) is 0 Å². The van der Waals surface area contributed by atoms with Crippen molar-refractivity contribution in [2.45, 2.75) is 27.2 Å². The molecule has 0 unspecified atom stereocenters. The molecule has 0 saturated heterocycles. The lowest BCUT2D eigenvalue weighted by Gasteiger charge is -2.42. The van der Waals surface area contributed by atoms with Gasteiger partial charge in [0, 0.05) is 17.8 Å². The Balaban J connectivity index is 1.35. The molecule has 0 aromatic heterocycles. The molecule has 0 spiro atoms. The zero-order valence-corrected chi connectivity index (χ0v) is 28.7. The van der Waals surface area contributed by atoms with E-state index in [0.29, 0.717) is 0 Å². The lowest BCUT2D eigenvalue weighted by Crippen LogP contribution is -2.25. The van der Waals surface area contributed by atoms with Crippen LogP contribution in [0.5, 0.6) is 23.0 Å². The number of para-hydroxylation sites is 10. The minimum atomic E-state index is 0.828. The van der Waals surface area contributed by atoms with Crippen LogP contribution >= 0.6 is 0 Å². The molecule has 7 aromatic carbocycles. The van der Waals surface area contributed by atoms with Gasteiger partial charge in [-0.1, -0.05) is 84.9 Å². The van der Waals surface area contributed by atoms with Gasteiger partial charge in [-0.2, -0.15) is 0 Å². The Morgan fingerprint density at radius 1 is 0.333 bits per heavy atom. The van der Waals surface area contributed by atoms with Crippen LogP contribution in [-0.2, 0) is 6.42 Å². The molecule has 0 amide bonds. The SMILES string of the molecule is Cc1c(N2c3ccccc3Cc3ccccc32)c(C)c(N2c3ccccc3Oc3ccccc32)c(C)c1N1c2ccccc2Oc2ccccc21. The molecule has 0 atom stereocenters. The van der Waals surface area contributed by atoms with Crippen LogP contribution in [0.15, 0.2) is 146 Å². The zero-order valence-electron chi connectivity index (χ0n) is 28.7. The predicted molar refractivity (Wildman–Crippen MR) is 208 cm³/mol. The van der Waals surface area contributed by atoms with Gasteiger partial charge in [-0.15, -0.1) is 0 Å². The van der Waals surface area contributed by atoms with Crippen molar-refractivity contribution in [3.05, 3.63) is 173 Å². The number of hydrogen-bond acceptors (Lipinski definition) is 5. The quantitative estimate of drug-likeness (QED) is 0.188. The molecule has 0 aliphatic carbocycles. The number of rotatable bonds is 3. The zero-order chi connectivity index (χ0) is 34.2. The Labute approximate surface area is 298 Å². The summed E-state index contributed by atoms with van der Waals surface area (Å²) in [5.41, 5.74) is 16.0. The summed E-state index contributed by atoms with van der Waals surface area (Å²) in [6, 6.07) is 51.1. The van der Waals surface area contributed by atoms with Gasteiger partial charge in [-0.25, -0.2) is 0 Å². The van der Waals surface area contributed by atoms with E-state index in [-0.39, 0.29) is 0 Å². The van der Waals surface area contributed by atoms with E-state index in [1.807, 2.05) is 24.3 Å². The molecule has 3 aliphatic rings. The minimum absolute atomic E-state index is 0.828. The van der Waals surface area contributed by atoms with Crippen molar-refractivity contribution in [1.82, 2.24) is 0 Å². The van der Waals surface area contributed by atoms with Gasteiger partial charge in [0.15, 0.2) is 23.0 Å². The van der Waals surface area contributed by atoms with Crippen LogP contribution in [-0.4, -0.2) is 0 Å². The molecule has 246 valence electrons. The molecule has 10 rings (SSSR count). The Morgan fingerprint density at radius 2 is 0.588 bits per heavy atom. The highest BCUT2D eigenvalue weighted by Crippen LogP contribution is 2.60. The first kappa shape index (κ1) is 29.5. The second-order valence-electron chi connectivity index (χ2n) is 13.4. The van der Waals surface area contributed by atoms with Crippen molar-refractivity contribution in [2.24, 2.45) is 0 Å². The van der Waals surface area contributed by atoms with Crippen LogP contribution in [0.2, 0.25) is 0 Å². The molecule has 3 aliphatic heterocycles. The van der Waals surface area contributed by atoms with Crippen LogP contribution < -0.4 is 24.2 Å². The van der Waals surface area contributed by atoms with E-state index >= 15 is 0 Å². The Morgan fingerprint density at radius 3 is 0.922 bits per heavy atom. The molecule has 5 nitrogen and oxygen atoms in total. The number of ether oxygens (including phenoxy) is 2. The summed E-state index contributed by atoms with van der Waals surface area (Å²) in [6.07, 6.45) is 0.890. The summed E-state index contributed by atoms with van der Waals surface area (Å²) in [5.74, 6) is 3.31. The molecular weight excluding hydrogens is 627 g/mol. The summed E-state index contributed by atoms with van der Waals surface area (Å²) >= 11 is 0. The van der Waals surface area contributed by atoms with Crippen molar-refractivity contribution in [3.8, 4) is 23.0 Å². The maximum absolute atomic E-state index is 6.53. The minimum Gasteiger partial charge on any atom is -0.453 e. The number of anilines is 9. The Kier molecular flexibility index (Phi) is 6.52. The average molecular weight is 662 g/mol. The van der Waals surface area contributed by atoms with Crippen LogP contribution in [0.25, 0.3) is 0 Å². The fourth-order valence-corrected chi connectivity index (χ4v) is 8.41. The lowest BCUT2D eigenvalue weighted by molar-refractivity contribution is 0.477. The molecule has 3 heterocycles. The fourth-order valence-electron chi connectivity index (χ4n) is 8.41. The van der Waals surface area contributed by atoms with E-state index in [0.717, 1.165) is 74.8 Å². The number of fused-ring (bicyclic) bond motifs is 6. The summed E-state index contributed by atoms with van der Waals surface area (Å²) in [7, 11) is 0. The van der Waals surface area contributed by atoms with Gasteiger partial charge in [0.1, 0.15) is 0 Å². The van der Waals surface area contributed by atoms with Gasteiger partial charge in [0.05, 0.1) is 39.8 Å². The second kappa shape index (κ2) is 11.3. The molecular formula is C46H35N3O2. The van der Waals surface area contributed by atoms with Crippen LogP contribution in [0.1, 0.15) is 27.8 Å². The standard InChI is InChI=1S/C46H35N3O2/c1-29-44(47-34-18-6-4-16-32(34)28-33-17-5-7-19-35(33)47)30(2)46(49-38-22-10-14-26-42(38)51-43-27-15-11-23-39(43)49)31(3)45(29)48-36-20-8-12-24-40(36)50-41-25-13-9-21-37(41)48/h4-27H,28H2,1-3H3. The first-order valence-electron chi connectivity index (χ1n) is 17.5. The highest BCUT2D eigenvalue weighted by atomic mass is 16.5.